The van der Waals surface area contributed by atoms with E-state index in [2.05, 4.69) is 27.5 Å². The van der Waals surface area contributed by atoms with Crippen molar-refractivity contribution >= 4 is 11.6 Å². The van der Waals surface area contributed by atoms with Gasteiger partial charge >= 0.3 is 0 Å². The van der Waals surface area contributed by atoms with E-state index in [4.69, 9.17) is 0 Å². The molecule has 0 aliphatic carbocycles. The summed E-state index contributed by atoms with van der Waals surface area (Å²) >= 11 is 0. The normalized spacial score (nSPS) is 10.8. The molecule has 3 rings (SSSR count). The molecule has 0 atom stereocenters. The third-order valence-corrected chi connectivity index (χ3v) is 3.81. The van der Waals surface area contributed by atoms with E-state index < -0.39 is 0 Å². The molecule has 124 valence electrons. The van der Waals surface area contributed by atoms with Crippen LogP contribution in [0.1, 0.15) is 35.0 Å². The second-order valence-corrected chi connectivity index (χ2v) is 5.70. The Morgan fingerprint density at radius 2 is 1.96 bits per heavy atom. The second kappa shape index (κ2) is 6.66. The number of nitrogens with one attached hydrogen (secondary N) is 1. The van der Waals surface area contributed by atoms with Crippen LogP contribution in [0.5, 0.6) is 0 Å². The maximum absolute atomic E-state index is 12.6. The van der Waals surface area contributed by atoms with Crippen LogP contribution < -0.4 is 5.32 Å². The van der Waals surface area contributed by atoms with Crippen LogP contribution in [0.3, 0.4) is 0 Å². The summed E-state index contributed by atoms with van der Waals surface area (Å²) in [4.78, 5) is 12.6. The van der Waals surface area contributed by atoms with Gasteiger partial charge in [-0.1, -0.05) is 24.6 Å². The SMILES string of the molecule is CCCn1nc(-n2cnnc2)c(NC(=O)c2cccc(C)c2)c1C. The summed E-state index contributed by atoms with van der Waals surface area (Å²) < 4.78 is 3.59. The highest BCUT2D eigenvalue weighted by atomic mass is 16.1. The Balaban J connectivity index is 1.98. The molecule has 2 aromatic heterocycles. The first-order valence-electron chi connectivity index (χ1n) is 7.90. The number of rotatable bonds is 5. The van der Waals surface area contributed by atoms with Crippen molar-refractivity contribution in [1.82, 2.24) is 24.5 Å². The van der Waals surface area contributed by atoms with E-state index in [0.717, 1.165) is 24.2 Å². The maximum atomic E-state index is 12.6. The third kappa shape index (κ3) is 3.05. The van der Waals surface area contributed by atoms with Crippen LogP contribution in [0.2, 0.25) is 0 Å². The number of amides is 1. The van der Waals surface area contributed by atoms with Crippen LogP contribution in [-0.2, 0) is 6.54 Å². The zero-order valence-corrected chi connectivity index (χ0v) is 14.0. The van der Waals surface area contributed by atoms with Crippen LogP contribution in [0.25, 0.3) is 5.82 Å². The minimum absolute atomic E-state index is 0.160. The molecular weight excluding hydrogens is 304 g/mol. The van der Waals surface area contributed by atoms with Gasteiger partial charge in [0.25, 0.3) is 5.91 Å². The quantitative estimate of drug-likeness (QED) is 0.783. The van der Waals surface area contributed by atoms with E-state index in [9.17, 15) is 4.79 Å². The highest BCUT2D eigenvalue weighted by Crippen LogP contribution is 2.24. The van der Waals surface area contributed by atoms with E-state index in [-0.39, 0.29) is 5.91 Å². The largest absolute Gasteiger partial charge is 0.317 e. The van der Waals surface area contributed by atoms with Gasteiger partial charge in [0.1, 0.15) is 18.3 Å². The van der Waals surface area contributed by atoms with Crippen molar-refractivity contribution < 1.29 is 4.79 Å². The van der Waals surface area contributed by atoms with Gasteiger partial charge in [0.15, 0.2) is 5.82 Å². The summed E-state index contributed by atoms with van der Waals surface area (Å²) in [7, 11) is 0. The van der Waals surface area contributed by atoms with E-state index in [1.807, 2.05) is 36.7 Å². The zero-order valence-electron chi connectivity index (χ0n) is 14.0. The monoisotopic (exact) mass is 324 g/mol. The molecule has 7 nitrogen and oxygen atoms in total. The first-order valence-corrected chi connectivity index (χ1v) is 7.90. The van der Waals surface area contributed by atoms with E-state index in [0.29, 0.717) is 17.1 Å². The van der Waals surface area contributed by atoms with Crippen LogP contribution in [0, 0.1) is 13.8 Å². The summed E-state index contributed by atoms with van der Waals surface area (Å²) in [6.07, 6.45) is 4.09. The fourth-order valence-electron chi connectivity index (χ4n) is 2.57. The van der Waals surface area contributed by atoms with Gasteiger partial charge in [-0.3, -0.25) is 14.0 Å². The Morgan fingerprint density at radius 3 is 2.62 bits per heavy atom. The van der Waals surface area contributed by atoms with Crippen molar-refractivity contribution in [3.63, 3.8) is 0 Å². The number of carbonyl (C=O) groups is 1. The highest BCUT2D eigenvalue weighted by Gasteiger charge is 2.19. The van der Waals surface area contributed by atoms with E-state index >= 15 is 0 Å². The molecular formula is C17H20N6O. The molecule has 0 radical (unpaired) electrons. The Kier molecular flexibility index (Phi) is 4.41. The van der Waals surface area contributed by atoms with Gasteiger partial charge in [-0.25, -0.2) is 0 Å². The second-order valence-electron chi connectivity index (χ2n) is 5.70. The van der Waals surface area contributed by atoms with Gasteiger partial charge in [-0.2, -0.15) is 5.10 Å². The van der Waals surface area contributed by atoms with E-state index in [1.165, 1.54) is 0 Å². The summed E-state index contributed by atoms with van der Waals surface area (Å²) in [5.41, 5.74) is 3.24. The number of aromatic nitrogens is 5. The van der Waals surface area contributed by atoms with Crippen molar-refractivity contribution in [2.24, 2.45) is 0 Å². The average molecular weight is 324 g/mol. The van der Waals surface area contributed by atoms with Gasteiger partial charge < -0.3 is 5.32 Å². The van der Waals surface area contributed by atoms with Crippen LogP contribution >= 0.6 is 0 Å². The van der Waals surface area contributed by atoms with Crippen LogP contribution in [-0.4, -0.2) is 30.5 Å². The van der Waals surface area contributed by atoms with Crippen molar-refractivity contribution in [2.75, 3.05) is 5.32 Å². The molecule has 0 fully saturated rings. The van der Waals surface area contributed by atoms with Crippen LogP contribution in [0.4, 0.5) is 5.69 Å². The first-order chi connectivity index (χ1) is 11.6. The van der Waals surface area contributed by atoms with Crippen LogP contribution in [0.15, 0.2) is 36.9 Å². The lowest BCUT2D eigenvalue weighted by molar-refractivity contribution is 0.102. The Labute approximate surface area is 140 Å². The molecule has 1 amide bonds. The highest BCUT2D eigenvalue weighted by molar-refractivity contribution is 6.05. The molecule has 0 bridgehead atoms. The molecule has 1 N–H and O–H groups in total. The Morgan fingerprint density at radius 1 is 1.21 bits per heavy atom. The minimum Gasteiger partial charge on any atom is -0.317 e. The molecule has 0 unspecified atom stereocenters. The lowest BCUT2D eigenvalue weighted by Crippen LogP contribution is -2.14. The summed E-state index contributed by atoms with van der Waals surface area (Å²) in [6, 6.07) is 7.49. The number of hydrogen-bond acceptors (Lipinski definition) is 4. The fourth-order valence-corrected chi connectivity index (χ4v) is 2.57. The molecule has 1 aromatic carbocycles. The lowest BCUT2D eigenvalue weighted by Gasteiger charge is -2.08. The van der Waals surface area contributed by atoms with Gasteiger partial charge in [0.05, 0.1) is 5.69 Å². The summed E-state index contributed by atoms with van der Waals surface area (Å²) in [5, 5.41) is 15.2. The Hall–Kier alpha value is -2.96. The standard InChI is InChI=1S/C17H20N6O/c1-4-8-23-13(3)15(16(21-23)22-10-18-19-11-22)20-17(24)14-7-5-6-12(2)9-14/h5-7,9-11H,4,8H2,1-3H3,(H,20,24). The first kappa shape index (κ1) is 15.9. The van der Waals surface area contributed by atoms with Gasteiger partial charge in [0.2, 0.25) is 0 Å². The summed E-state index contributed by atoms with van der Waals surface area (Å²) in [6.45, 7) is 6.78. The summed E-state index contributed by atoms with van der Waals surface area (Å²) in [5.74, 6) is 0.458. The minimum atomic E-state index is -0.160. The molecule has 2 heterocycles. The van der Waals surface area contributed by atoms with Gasteiger partial charge in [-0.15, -0.1) is 10.2 Å². The average Bonchev–Trinajstić information content (AvgIpc) is 3.19. The molecule has 0 aliphatic rings. The van der Waals surface area contributed by atoms with Gasteiger partial charge in [0, 0.05) is 12.1 Å². The third-order valence-electron chi connectivity index (χ3n) is 3.81. The molecule has 3 aromatic rings. The smallest absolute Gasteiger partial charge is 0.255 e. The van der Waals surface area contributed by atoms with E-state index in [1.54, 1.807) is 23.3 Å². The fraction of sp³-hybridized carbons (Fsp3) is 0.294. The molecule has 7 heteroatoms. The predicted molar refractivity (Wildman–Crippen MR) is 91.3 cm³/mol. The predicted octanol–water partition coefficient (Wildman–Crippen LogP) is 2.74. The number of benzene rings is 1. The topological polar surface area (TPSA) is 77.6 Å². The maximum Gasteiger partial charge on any atom is 0.255 e. The number of aryl methyl sites for hydroxylation is 2. The van der Waals surface area contributed by atoms with Crippen molar-refractivity contribution in [1.29, 1.82) is 0 Å². The Bertz CT molecular complexity index is 850. The number of carbonyl (C=O) groups excluding carboxylic acids is 1. The molecule has 0 spiro atoms. The van der Waals surface area contributed by atoms with Crippen molar-refractivity contribution in [3.8, 4) is 5.82 Å². The zero-order chi connectivity index (χ0) is 17.1. The molecule has 0 saturated carbocycles. The number of hydrogen-bond donors (Lipinski definition) is 1. The van der Waals surface area contributed by atoms with Crippen molar-refractivity contribution in [2.45, 2.75) is 33.7 Å². The lowest BCUT2D eigenvalue weighted by atomic mass is 10.1. The number of anilines is 1. The number of nitrogens with zero attached hydrogens (tertiary/aromatic N) is 5. The van der Waals surface area contributed by atoms with Crippen molar-refractivity contribution in [3.05, 3.63) is 53.7 Å². The molecule has 0 saturated heterocycles. The molecule has 24 heavy (non-hydrogen) atoms. The molecule has 0 aliphatic heterocycles. The van der Waals surface area contributed by atoms with Gasteiger partial charge in [-0.05, 0) is 32.4 Å².